The molecule has 1 atom stereocenters. The van der Waals surface area contributed by atoms with E-state index in [0.29, 0.717) is 12.8 Å². The molecule has 0 aromatic carbocycles. The fourth-order valence-corrected chi connectivity index (χ4v) is 3.62. The van der Waals surface area contributed by atoms with Crippen molar-refractivity contribution in [2.24, 2.45) is 0 Å². The highest BCUT2D eigenvalue weighted by molar-refractivity contribution is 7.11. The minimum absolute atomic E-state index is 0.0410. The first-order valence-electron chi connectivity index (χ1n) is 8.41. The first-order valence-corrected chi connectivity index (χ1v) is 9.23. The van der Waals surface area contributed by atoms with Crippen molar-refractivity contribution in [3.63, 3.8) is 0 Å². The molecule has 0 amide bonds. The van der Waals surface area contributed by atoms with E-state index in [9.17, 15) is 9.59 Å². The molecule has 0 radical (unpaired) electrons. The van der Waals surface area contributed by atoms with Gasteiger partial charge in [-0.25, -0.2) is 9.78 Å². The van der Waals surface area contributed by atoms with Crippen LogP contribution in [0.4, 0.5) is 0 Å². The minimum Gasteiger partial charge on any atom is -0.469 e. The normalized spacial score (nSPS) is 18.3. The predicted molar refractivity (Wildman–Crippen MR) is 92.9 cm³/mol. The maximum Gasteiger partial charge on any atom is 0.334 e. The molecule has 2 heterocycles. The summed E-state index contributed by atoms with van der Waals surface area (Å²) in [5, 5.41) is 2.76. The van der Waals surface area contributed by atoms with Crippen LogP contribution < -0.4 is 0 Å². The molecule has 1 fully saturated rings. The first kappa shape index (κ1) is 19.8. The van der Waals surface area contributed by atoms with Gasteiger partial charge in [0.2, 0.25) is 0 Å². The zero-order valence-corrected chi connectivity index (χ0v) is 16.1. The number of rotatable bonds is 7. The molecule has 2 rings (SSSR count). The molecule has 0 spiro atoms. The van der Waals surface area contributed by atoms with Crippen molar-refractivity contribution < 1.29 is 23.9 Å². The number of esters is 2. The third kappa shape index (κ3) is 6.37. The lowest BCUT2D eigenvalue weighted by Crippen LogP contribution is -2.31. The standard InChI is InChI=1S/C17H26N2O5S/c1-17(2,3)24-15(21)11-23-19-9-5-6-13(19)16-18-10-12(25-16)7-8-14(20)22-4/h10,13H,5-9,11H2,1-4H3/t13-/m0/s1. The molecule has 140 valence electrons. The lowest BCUT2D eigenvalue weighted by Gasteiger charge is -2.23. The van der Waals surface area contributed by atoms with E-state index in [4.69, 9.17) is 9.57 Å². The van der Waals surface area contributed by atoms with E-state index >= 15 is 0 Å². The molecule has 0 saturated carbocycles. The summed E-state index contributed by atoms with van der Waals surface area (Å²) in [6.45, 7) is 6.14. The zero-order valence-electron chi connectivity index (χ0n) is 15.2. The third-order valence-electron chi connectivity index (χ3n) is 3.63. The lowest BCUT2D eigenvalue weighted by atomic mass is 10.2. The highest BCUT2D eigenvalue weighted by Crippen LogP contribution is 2.34. The van der Waals surface area contributed by atoms with Gasteiger partial charge in [-0.2, -0.15) is 5.06 Å². The SMILES string of the molecule is COC(=O)CCc1cnc([C@@H]2CCCN2OCC(=O)OC(C)(C)C)s1. The number of carbonyl (C=O) groups excluding carboxylic acids is 2. The van der Waals surface area contributed by atoms with Crippen molar-refractivity contribution in [1.82, 2.24) is 10.0 Å². The molecule has 25 heavy (non-hydrogen) atoms. The average Bonchev–Trinajstić information content (AvgIpc) is 3.17. The highest BCUT2D eigenvalue weighted by Gasteiger charge is 2.30. The number of aryl methyl sites for hydroxylation is 1. The Morgan fingerprint density at radius 3 is 2.80 bits per heavy atom. The molecule has 1 aromatic rings. The summed E-state index contributed by atoms with van der Waals surface area (Å²) in [7, 11) is 1.39. The van der Waals surface area contributed by atoms with Crippen LogP contribution >= 0.6 is 11.3 Å². The smallest absolute Gasteiger partial charge is 0.334 e. The topological polar surface area (TPSA) is 78.0 Å². The Morgan fingerprint density at radius 1 is 1.36 bits per heavy atom. The second-order valence-electron chi connectivity index (χ2n) is 6.90. The van der Waals surface area contributed by atoms with Crippen molar-refractivity contribution >= 4 is 23.3 Å². The summed E-state index contributed by atoms with van der Waals surface area (Å²) in [6, 6.07) is 0.0410. The van der Waals surface area contributed by atoms with E-state index in [2.05, 4.69) is 9.72 Å². The number of carbonyl (C=O) groups is 2. The zero-order chi connectivity index (χ0) is 18.4. The minimum atomic E-state index is -0.519. The molecular formula is C17H26N2O5S. The van der Waals surface area contributed by atoms with Gasteiger partial charge in [0.05, 0.1) is 19.6 Å². The molecule has 0 bridgehead atoms. The van der Waals surface area contributed by atoms with Crippen LogP contribution in [0.2, 0.25) is 0 Å². The van der Waals surface area contributed by atoms with Crippen molar-refractivity contribution in [1.29, 1.82) is 0 Å². The van der Waals surface area contributed by atoms with Crippen LogP contribution in [0.3, 0.4) is 0 Å². The number of hydroxylamine groups is 2. The van der Waals surface area contributed by atoms with Gasteiger partial charge in [0.15, 0.2) is 6.61 Å². The molecule has 0 N–H and O–H groups in total. The van der Waals surface area contributed by atoms with Crippen LogP contribution in [0, 0.1) is 0 Å². The van der Waals surface area contributed by atoms with Crippen LogP contribution in [0.5, 0.6) is 0 Å². The number of thiazole rings is 1. The van der Waals surface area contributed by atoms with Crippen LogP contribution in [-0.4, -0.2) is 47.8 Å². The molecule has 1 saturated heterocycles. The van der Waals surface area contributed by atoms with E-state index in [1.54, 1.807) is 17.5 Å². The molecule has 7 nitrogen and oxygen atoms in total. The Kier molecular flexibility index (Phi) is 6.92. The Bertz CT molecular complexity index is 596. The molecule has 1 aliphatic heterocycles. The van der Waals surface area contributed by atoms with Crippen molar-refractivity contribution in [3.05, 3.63) is 16.1 Å². The second-order valence-corrected chi connectivity index (χ2v) is 8.05. The van der Waals surface area contributed by atoms with E-state index < -0.39 is 5.60 Å². The number of hydrogen-bond acceptors (Lipinski definition) is 8. The Labute approximate surface area is 152 Å². The molecule has 1 aliphatic rings. The monoisotopic (exact) mass is 370 g/mol. The van der Waals surface area contributed by atoms with E-state index in [0.717, 1.165) is 29.3 Å². The molecule has 0 unspecified atom stereocenters. The van der Waals surface area contributed by atoms with Gasteiger partial charge in [0.25, 0.3) is 0 Å². The largest absolute Gasteiger partial charge is 0.469 e. The van der Waals surface area contributed by atoms with Gasteiger partial charge < -0.3 is 9.47 Å². The number of aromatic nitrogens is 1. The Hall–Kier alpha value is -1.51. The summed E-state index contributed by atoms with van der Waals surface area (Å²) in [5.74, 6) is -0.603. The van der Waals surface area contributed by atoms with E-state index in [1.165, 1.54) is 7.11 Å². The van der Waals surface area contributed by atoms with Crippen LogP contribution in [0.15, 0.2) is 6.20 Å². The van der Waals surface area contributed by atoms with Gasteiger partial charge in [-0.1, -0.05) is 0 Å². The fourth-order valence-electron chi connectivity index (χ4n) is 2.57. The quantitative estimate of drug-likeness (QED) is 0.683. The highest BCUT2D eigenvalue weighted by atomic mass is 32.1. The Balaban J connectivity index is 1.87. The number of hydrogen-bond donors (Lipinski definition) is 0. The lowest BCUT2D eigenvalue weighted by molar-refractivity contribution is -0.197. The van der Waals surface area contributed by atoms with Crippen LogP contribution in [-0.2, 0) is 30.3 Å². The summed E-state index contributed by atoms with van der Waals surface area (Å²) < 4.78 is 9.92. The van der Waals surface area contributed by atoms with E-state index in [1.807, 2.05) is 25.8 Å². The van der Waals surface area contributed by atoms with Gasteiger partial charge in [-0.3, -0.25) is 9.63 Å². The van der Waals surface area contributed by atoms with E-state index in [-0.39, 0.29) is 24.6 Å². The molecule has 1 aromatic heterocycles. The number of ether oxygens (including phenoxy) is 2. The fraction of sp³-hybridized carbons (Fsp3) is 0.706. The van der Waals surface area contributed by atoms with Gasteiger partial charge in [-0.15, -0.1) is 11.3 Å². The number of methoxy groups -OCH3 is 1. The average molecular weight is 370 g/mol. The molecule has 0 aliphatic carbocycles. The number of nitrogens with zero attached hydrogens (tertiary/aromatic N) is 2. The van der Waals surface area contributed by atoms with Crippen LogP contribution in [0.25, 0.3) is 0 Å². The predicted octanol–water partition coefficient (Wildman–Crippen LogP) is 2.66. The summed E-state index contributed by atoms with van der Waals surface area (Å²) >= 11 is 1.57. The molecular weight excluding hydrogens is 344 g/mol. The second kappa shape index (κ2) is 8.73. The maximum absolute atomic E-state index is 11.8. The van der Waals surface area contributed by atoms with Crippen molar-refractivity contribution in [2.45, 2.75) is 58.1 Å². The summed E-state index contributed by atoms with van der Waals surface area (Å²) in [4.78, 5) is 34.2. The van der Waals surface area contributed by atoms with Crippen molar-refractivity contribution in [2.75, 3.05) is 20.3 Å². The van der Waals surface area contributed by atoms with Crippen molar-refractivity contribution in [3.8, 4) is 0 Å². The van der Waals surface area contributed by atoms with Gasteiger partial charge >= 0.3 is 11.9 Å². The third-order valence-corrected chi connectivity index (χ3v) is 4.79. The van der Waals surface area contributed by atoms with Crippen LogP contribution in [0.1, 0.15) is 56.0 Å². The molecule has 8 heteroatoms. The summed E-state index contributed by atoms with van der Waals surface area (Å²) in [5.41, 5.74) is -0.519. The summed E-state index contributed by atoms with van der Waals surface area (Å²) in [6.07, 6.45) is 4.68. The van der Waals surface area contributed by atoms with Gasteiger partial charge in [-0.05, 0) is 40.0 Å². The first-order chi connectivity index (χ1) is 11.8. The van der Waals surface area contributed by atoms with Gasteiger partial charge in [0.1, 0.15) is 10.6 Å². The van der Waals surface area contributed by atoms with Gasteiger partial charge in [0, 0.05) is 17.6 Å². The Morgan fingerprint density at radius 2 is 2.12 bits per heavy atom. The maximum atomic E-state index is 11.8.